The molecule has 1 aromatic heterocycles. The molecule has 0 saturated carbocycles. The second-order valence-electron chi connectivity index (χ2n) is 3.12. The fourth-order valence-electron chi connectivity index (χ4n) is 1.26. The van der Waals surface area contributed by atoms with E-state index in [0.29, 0.717) is 0 Å². The second-order valence-corrected chi connectivity index (χ2v) is 4.27. The maximum absolute atomic E-state index is 11.3. The van der Waals surface area contributed by atoms with E-state index in [-0.39, 0.29) is 12.0 Å². The van der Waals surface area contributed by atoms with Crippen molar-refractivity contribution in [3.05, 3.63) is 24.4 Å². The summed E-state index contributed by atoms with van der Waals surface area (Å²) in [5.74, 6) is 2.17. The fourth-order valence-corrected chi connectivity index (χ4v) is 2.35. The van der Waals surface area contributed by atoms with E-state index in [9.17, 15) is 4.79 Å². The highest BCUT2D eigenvalue weighted by Crippen LogP contribution is 2.20. The molecule has 0 aromatic carbocycles. The van der Waals surface area contributed by atoms with Gasteiger partial charge in [0.2, 0.25) is 5.88 Å². The minimum absolute atomic E-state index is 0.00814. The summed E-state index contributed by atoms with van der Waals surface area (Å²) in [6.07, 6.45) is 1.79. The van der Waals surface area contributed by atoms with E-state index in [1.54, 1.807) is 36.2 Å². The van der Waals surface area contributed by atoms with E-state index in [1.165, 1.54) is 0 Å². The number of hydrogen-bond acceptors (Lipinski definition) is 5. The molecule has 5 heteroatoms. The summed E-state index contributed by atoms with van der Waals surface area (Å²) in [5, 5.41) is 0. The quantitative estimate of drug-likeness (QED) is 0.721. The summed E-state index contributed by atoms with van der Waals surface area (Å²) in [6.45, 7) is 0. The summed E-state index contributed by atoms with van der Waals surface area (Å²) in [4.78, 5) is 15.1. The minimum Gasteiger partial charge on any atom is -0.430 e. The Morgan fingerprint density at radius 2 is 2.47 bits per heavy atom. The van der Waals surface area contributed by atoms with Crippen molar-refractivity contribution in [3.63, 3.8) is 0 Å². The van der Waals surface area contributed by atoms with Crippen molar-refractivity contribution in [2.24, 2.45) is 0 Å². The topological polar surface area (TPSA) is 48.4 Å². The van der Waals surface area contributed by atoms with Crippen LogP contribution in [0.15, 0.2) is 24.4 Å². The summed E-state index contributed by atoms with van der Waals surface area (Å²) in [5.41, 5.74) is 0. The molecule has 1 aliphatic heterocycles. The lowest BCUT2D eigenvalue weighted by Crippen LogP contribution is -2.20. The Labute approximate surface area is 92.0 Å². The smallest absolute Gasteiger partial charge is 0.430 e. The van der Waals surface area contributed by atoms with Gasteiger partial charge in [-0.25, -0.2) is 9.78 Å². The Hall–Kier alpha value is -1.23. The summed E-state index contributed by atoms with van der Waals surface area (Å²) in [6, 6.07) is 5.12. The molecule has 0 amide bonds. The zero-order valence-electron chi connectivity index (χ0n) is 8.09. The van der Waals surface area contributed by atoms with Crippen LogP contribution < -0.4 is 4.74 Å². The van der Waals surface area contributed by atoms with Crippen LogP contribution in [0.25, 0.3) is 0 Å². The van der Waals surface area contributed by atoms with Gasteiger partial charge in [0.15, 0.2) is 0 Å². The lowest BCUT2D eigenvalue weighted by atomic mass is 10.3. The maximum atomic E-state index is 11.3. The summed E-state index contributed by atoms with van der Waals surface area (Å²) in [7, 11) is 0. The van der Waals surface area contributed by atoms with Crippen molar-refractivity contribution in [1.29, 1.82) is 0 Å². The van der Waals surface area contributed by atoms with Crippen molar-refractivity contribution >= 4 is 17.9 Å². The van der Waals surface area contributed by atoms with Gasteiger partial charge in [0, 0.05) is 18.0 Å². The van der Waals surface area contributed by atoms with E-state index >= 15 is 0 Å². The van der Waals surface area contributed by atoms with E-state index < -0.39 is 6.16 Å². The normalized spacial score (nSPS) is 19.9. The molecule has 1 fully saturated rings. The first-order valence-electron chi connectivity index (χ1n) is 4.72. The Morgan fingerprint density at radius 3 is 3.13 bits per heavy atom. The van der Waals surface area contributed by atoms with E-state index in [4.69, 9.17) is 9.47 Å². The SMILES string of the molecule is O=C(Oc1ccccn1)O[C@@H]1CCSC1. The number of hydrogen-bond donors (Lipinski definition) is 0. The molecule has 0 unspecified atom stereocenters. The molecule has 1 aliphatic rings. The van der Waals surface area contributed by atoms with Gasteiger partial charge in [0.05, 0.1) is 0 Å². The maximum Gasteiger partial charge on any atom is 0.515 e. The molecule has 0 aliphatic carbocycles. The lowest BCUT2D eigenvalue weighted by Gasteiger charge is -2.09. The van der Waals surface area contributed by atoms with Crippen molar-refractivity contribution in [1.82, 2.24) is 4.98 Å². The van der Waals surface area contributed by atoms with Crippen molar-refractivity contribution < 1.29 is 14.3 Å². The van der Waals surface area contributed by atoms with Crippen molar-refractivity contribution in [2.75, 3.05) is 11.5 Å². The lowest BCUT2D eigenvalue weighted by molar-refractivity contribution is 0.0674. The standard InChI is InChI=1S/C10H11NO3S/c12-10(13-8-4-6-15-7-8)14-9-3-1-2-5-11-9/h1-3,5,8H,4,6-7H2/t8-/m1/s1. The third kappa shape index (κ3) is 3.13. The Kier molecular flexibility index (Phi) is 3.45. The summed E-state index contributed by atoms with van der Waals surface area (Å²) < 4.78 is 9.99. The van der Waals surface area contributed by atoms with Crippen LogP contribution in [0.4, 0.5) is 4.79 Å². The molecule has 80 valence electrons. The highest BCUT2D eigenvalue weighted by molar-refractivity contribution is 7.99. The predicted molar refractivity (Wildman–Crippen MR) is 57.1 cm³/mol. The first-order valence-corrected chi connectivity index (χ1v) is 5.87. The van der Waals surface area contributed by atoms with Crippen LogP contribution in [-0.4, -0.2) is 28.7 Å². The number of rotatable bonds is 2. The first-order chi connectivity index (χ1) is 7.34. The molecular weight excluding hydrogens is 214 g/mol. The molecule has 1 saturated heterocycles. The predicted octanol–water partition coefficient (Wildman–Crippen LogP) is 2.10. The van der Waals surface area contributed by atoms with Crippen LogP contribution in [0.2, 0.25) is 0 Å². The zero-order chi connectivity index (χ0) is 10.5. The van der Waals surface area contributed by atoms with Gasteiger partial charge in [0.1, 0.15) is 6.10 Å². The van der Waals surface area contributed by atoms with Gasteiger partial charge in [-0.15, -0.1) is 0 Å². The molecule has 15 heavy (non-hydrogen) atoms. The van der Waals surface area contributed by atoms with Crippen molar-refractivity contribution in [3.8, 4) is 5.88 Å². The van der Waals surface area contributed by atoms with Gasteiger partial charge in [-0.05, 0) is 18.2 Å². The third-order valence-electron chi connectivity index (χ3n) is 1.98. The molecule has 1 atom stereocenters. The van der Waals surface area contributed by atoms with E-state index in [1.807, 2.05) is 0 Å². The van der Waals surface area contributed by atoms with Crippen LogP contribution in [-0.2, 0) is 4.74 Å². The number of pyridine rings is 1. The van der Waals surface area contributed by atoms with Crippen LogP contribution in [0, 0.1) is 0 Å². The molecule has 0 bridgehead atoms. The fraction of sp³-hybridized carbons (Fsp3) is 0.400. The van der Waals surface area contributed by atoms with E-state index in [0.717, 1.165) is 17.9 Å². The molecule has 2 heterocycles. The van der Waals surface area contributed by atoms with Crippen LogP contribution in [0.3, 0.4) is 0 Å². The average Bonchev–Trinajstić information content (AvgIpc) is 2.71. The third-order valence-corrected chi connectivity index (χ3v) is 3.11. The van der Waals surface area contributed by atoms with E-state index in [2.05, 4.69) is 4.98 Å². The largest absolute Gasteiger partial charge is 0.515 e. The zero-order valence-corrected chi connectivity index (χ0v) is 8.90. The molecule has 1 aromatic rings. The second kappa shape index (κ2) is 5.02. The van der Waals surface area contributed by atoms with Crippen LogP contribution in [0.5, 0.6) is 5.88 Å². The Balaban J connectivity index is 1.82. The monoisotopic (exact) mass is 225 g/mol. The van der Waals surface area contributed by atoms with Gasteiger partial charge in [-0.2, -0.15) is 11.8 Å². The molecular formula is C10H11NO3S. The minimum atomic E-state index is -0.666. The molecule has 0 N–H and O–H groups in total. The van der Waals surface area contributed by atoms with Crippen LogP contribution in [0.1, 0.15) is 6.42 Å². The highest BCUT2D eigenvalue weighted by Gasteiger charge is 2.20. The number of carbonyl (C=O) groups excluding carboxylic acids is 1. The molecule has 0 spiro atoms. The van der Waals surface area contributed by atoms with Crippen molar-refractivity contribution in [2.45, 2.75) is 12.5 Å². The molecule has 4 nitrogen and oxygen atoms in total. The number of aromatic nitrogens is 1. The molecule has 0 radical (unpaired) electrons. The Bertz CT molecular complexity index is 325. The van der Waals surface area contributed by atoms with Gasteiger partial charge in [-0.1, -0.05) is 6.07 Å². The van der Waals surface area contributed by atoms with Gasteiger partial charge >= 0.3 is 6.16 Å². The Morgan fingerprint density at radius 1 is 1.53 bits per heavy atom. The molecule has 2 rings (SSSR count). The summed E-state index contributed by atoms with van der Waals surface area (Å²) >= 11 is 1.78. The number of nitrogens with zero attached hydrogens (tertiary/aromatic N) is 1. The van der Waals surface area contributed by atoms with Gasteiger partial charge in [-0.3, -0.25) is 0 Å². The van der Waals surface area contributed by atoms with Gasteiger partial charge in [0.25, 0.3) is 0 Å². The number of thioether (sulfide) groups is 1. The average molecular weight is 225 g/mol. The van der Waals surface area contributed by atoms with Crippen LogP contribution >= 0.6 is 11.8 Å². The highest BCUT2D eigenvalue weighted by atomic mass is 32.2. The number of carbonyl (C=O) groups is 1. The number of ether oxygens (including phenoxy) is 2. The first kappa shape index (κ1) is 10.3. The van der Waals surface area contributed by atoms with Gasteiger partial charge < -0.3 is 9.47 Å².